The fourth-order valence-corrected chi connectivity index (χ4v) is 3.44. The maximum Gasteiger partial charge on any atom is 0.416 e. The highest BCUT2D eigenvalue weighted by atomic mass is 79.9. The number of halogens is 4. The first-order valence-corrected chi connectivity index (χ1v) is 10.7. The Kier molecular flexibility index (Phi) is 8.11. The summed E-state index contributed by atoms with van der Waals surface area (Å²) in [6.45, 7) is 2.59. The first-order chi connectivity index (χ1) is 15.8. The fraction of sp³-hybridized carbons (Fsp3) is 0.167. The summed E-state index contributed by atoms with van der Waals surface area (Å²) < 4.78 is 50.7. The Morgan fingerprint density at radius 3 is 2.52 bits per heavy atom. The number of hydrazone groups is 1. The van der Waals surface area contributed by atoms with Gasteiger partial charge >= 0.3 is 6.18 Å². The van der Waals surface area contributed by atoms with Gasteiger partial charge in [0.2, 0.25) is 0 Å². The fourth-order valence-electron chi connectivity index (χ4n) is 2.86. The summed E-state index contributed by atoms with van der Waals surface area (Å²) in [5.74, 6) is 0.239. The molecule has 9 heteroatoms. The minimum atomic E-state index is -4.54. The first-order valence-electron chi connectivity index (χ1n) is 9.91. The molecule has 0 saturated carbocycles. The normalized spacial score (nSPS) is 11.4. The van der Waals surface area contributed by atoms with Crippen molar-refractivity contribution in [1.29, 1.82) is 0 Å². The molecule has 0 aromatic heterocycles. The highest BCUT2D eigenvalue weighted by Crippen LogP contribution is 2.37. The maximum atomic E-state index is 12.8. The minimum Gasteiger partial charge on any atom is -0.490 e. The van der Waals surface area contributed by atoms with E-state index in [2.05, 4.69) is 26.5 Å². The van der Waals surface area contributed by atoms with Crippen LogP contribution in [-0.2, 0) is 12.8 Å². The molecule has 172 valence electrons. The molecule has 33 heavy (non-hydrogen) atoms. The number of amides is 1. The lowest BCUT2D eigenvalue weighted by Crippen LogP contribution is -2.18. The van der Waals surface area contributed by atoms with E-state index in [4.69, 9.17) is 9.47 Å². The van der Waals surface area contributed by atoms with Crippen LogP contribution in [0.15, 0.2) is 76.3 Å². The number of ether oxygens (including phenoxy) is 2. The summed E-state index contributed by atoms with van der Waals surface area (Å²) in [4.78, 5) is 12.2. The number of carbonyl (C=O) groups excluding carboxylic acids is 1. The molecule has 0 atom stereocenters. The van der Waals surface area contributed by atoms with Gasteiger partial charge < -0.3 is 9.47 Å². The van der Waals surface area contributed by atoms with Crippen LogP contribution < -0.4 is 14.9 Å². The third kappa shape index (κ3) is 6.82. The summed E-state index contributed by atoms with van der Waals surface area (Å²) >= 11 is 3.47. The van der Waals surface area contributed by atoms with Gasteiger partial charge in [-0.25, -0.2) is 5.43 Å². The molecule has 0 unspecified atom stereocenters. The standard InChI is InChI=1S/C24H20BrF3N2O3/c1-2-32-21-12-17(11-20(25)22(21)33-15-16-7-4-3-5-8-16)14-29-30-23(31)18-9-6-10-19(13-18)24(26,27)28/h3-14H,2,15H2,1H3,(H,30,31)/b29-14+. The highest BCUT2D eigenvalue weighted by Gasteiger charge is 2.30. The summed E-state index contributed by atoms with van der Waals surface area (Å²) in [6, 6.07) is 17.2. The van der Waals surface area contributed by atoms with Crippen LogP contribution in [0.5, 0.6) is 11.5 Å². The lowest BCUT2D eigenvalue weighted by atomic mass is 10.1. The molecule has 0 aliphatic heterocycles. The van der Waals surface area contributed by atoms with E-state index in [9.17, 15) is 18.0 Å². The molecule has 0 aliphatic carbocycles. The second-order valence-electron chi connectivity index (χ2n) is 6.81. The Morgan fingerprint density at radius 1 is 1.06 bits per heavy atom. The van der Waals surface area contributed by atoms with Crippen LogP contribution in [0.4, 0.5) is 13.2 Å². The average Bonchev–Trinajstić information content (AvgIpc) is 2.79. The molecule has 1 amide bonds. The van der Waals surface area contributed by atoms with Gasteiger partial charge in [0.1, 0.15) is 6.61 Å². The van der Waals surface area contributed by atoms with Gasteiger partial charge in [-0.1, -0.05) is 36.4 Å². The molecule has 1 N–H and O–H groups in total. The van der Waals surface area contributed by atoms with Crippen LogP contribution in [0.1, 0.15) is 34.0 Å². The van der Waals surface area contributed by atoms with Crippen LogP contribution in [0, 0.1) is 0 Å². The average molecular weight is 521 g/mol. The molecular weight excluding hydrogens is 501 g/mol. The minimum absolute atomic E-state index is 0.150. The highest BCUT2D eigenvalue weighted by molar-refractivity contribution is 9.10. The molecular formula is C24H20BrF3N2O3. The Balaban J connectivity index is 1.72. The number of nitrogens with zero attached hydrogens (tertiary/aromatic N) is 1. The van der Waals surface area contributed by atoms with Crippen molar-refractivity contribution >= 4 is 28.1 Å². The molecule has 0 saturated heterocycles. The molecule has 3 aromatic rings. The van der Waals surface area contributed by atoms with E-state index in [1.807, 2.05) is 37.3 Å². The predicted molar refractivity (Wildman–Crippen MR) is 123 cm³/mol. The lowest BCUT2D eigenvalue weighted by Gasteiger charge is -2.14. The number of nitrogens with one attached hydrogen (secondary N) is 1. The van der Waals surface area contributed by atoms with Crippen molar-refractivity contribution in [1.82, 2.24) is 5.43 Å². The molecule has 0 fully saturated rings. The number of carbonyl (C=O) groups is 1. The quantitative estimate of drug-likeness (QED) is 0.283. The summed E-state index contributed by atoms with van der Waals surface area (Å²) in [5.41, 5.74) is 2.76. The molecule has 0 aliphatic rings. The van der Waals surface area contributed by atoms with Gasteiger partial charge in [-0.3, -0.25) is 4.79 Å². The van der Waals surface area contributed by atoms with Crippen molar-refractivity contribution in [2.75, 3.05) is 6.61 Å². The van der Waals surface area contributed by atoms with Crippen molar-refractivity contribution in [3.05, 3.63) is 93.5 Å². The molecule has 0 spiro atoms. The van der Waals surface area contributed by atoms with E-state index < -0.39 is 17.6 Å². The van der Waals surface area contributed by atoms with Crippen LogP contribution in [0.3, 0.4) is 0 Å². The number of alkyl halides is 3. The van der Waals surface area contributed by atoms with Gasteiger partial charge in [0.25, 0.3) is 5.91 Å². The van der Waals surface area contributed by atoms with Gasteiger partial charge in [-0.2, -0.15) is 18.3 Å². The van der Waals surface area contributed by atoms with Crippen LogP contribution in [-0.4, -0.2) is 18.7 Å². The van der Waals surface area contributed by atoms with Crippen LogP contribution in [0.2, 0.25) is 0 Å². The molecule has 0 bridgehead atoms. The van der Waals surface area contributed by atoms with Crippen molar-refractivity contribution in [3.63, 3.8) is 0 Å². The van der Waals surface area contributed by atoms with E-state index in [1.165, 1.54) is 18.3 Å². The van der Waals surface area contributed by atoms with E-state index in [-0.39, 0.29) is 5.56 Å². The smallest absolute Gasteiger partial charge is 0.416 e. The predicted octanol–water partition coefficient (Wildman–Crippen LogP) is 6.21. The number of hydrogen-bond acceptors (Lipinski definition) is 4. The third-order valence-corrected chi connectivity index (χ3v) is 4.98. The third-order valence-electron chi connectivity index (χ3n) is 4.39. The molecule has 3 rings (SSSR count). The van der Waals surface area contributed by atoms with E-state index in [1.54, 1.807) is 12.1 Å². The number of rotatable bonds is 8. The van der Waals surface area contributed by atoms with Crippen molar-refractivity contribution in [2.24, 2.45) is 5.10 Å². The maximum absolute atomic E-state index is 12.8. The zero-order valence-electron chi connectivity index (χ0n) is 17.5. The first kappa shape index (κ1) is 24.3. The number of hydrogen-bond donors (Lipinski definition) is 1. The Morgan fingerprint density at radius 2 is 1.82 bits per heavy atom. The van der Waals surface area contributed by atoms with E-state index in [0.29, 0.717) is 34.7 Å². The lowest BCUT2D eigenvalue weighted by molar-refractivity contribution is -0.137. The van der Waals surface area contributed by atoms with Gasteiger partial charge in [0.15, 0.2) is 11.5 Å². The van der Waals surface area contributed by atoms with Crippen molar-refractivity contribution in [2.45, 2.75) is 19.7 Å². The molecule has 5 nitrogen and oxygen atoms in total. The number of benzene rings is 3. The van der Waals surface area contributed by atoms with Crippen molar-refractivity contribution in [3.8, 4) is 11.5 Å². The Bertz CT molecular complexity index is 1140. The summed E-state index contributed by atoms with van der Waals surface area (Å²) in [5, 5.41) is 3.85. The second-order valence-corrected chi connectivity index (χ2v) is 7.67. The molecule has 0 heterocycles. The molecule has 3 aromatic carbocycles. The van der Waals surface area contributed by atoms with Crippen LogP contribution in [0.25, 0.3) is 0 Å². The SMILES string of the molecule is CCOc1cc(/C=N/NC(=O)c2cccc(C(F)(F)F)c2)cc(Br)c1OCc1ccccc1. The summed E-state index contributed by atoms with van der Waals surface area (Å²) in [7, 11) is 0. The van der Waals surface area contributed by atoms with E-state index >= 15 is 0 Å². The molecule has 0 radical (unpaired) electrons. The zero-order chi connectivity index (χ0) is 23.8. The summed E-state index contributed by atoms with van der Waals surface area (Å²) in [6.07, 6.45) is -3.17. The van der Waals surface area contributed by atoms with Crippen molar-refractivity contribution < 1.29 is 27.4 Å². The Hall–Kier alpha value is -3.33. The zero-order valence-corrected chi connectivity index (χ0v) is 19.1. The monoisotopic (exact) mass is 520 g/mol. The van der Waals surface area contributed by atoms with Gasteiger partial charge in [-0.15, -0.1) is 0 Å². The second kappa shape index (κ2) is 11.0. The van der Waals surface area contributed by atoms with Gasteiger partial charge in [0, 0.05) is 5.56 Å². The van der Waals surface area contributed by atoms with Gasteiger partial charge in [-0.05, 0) is 64.3 Å². The van der Waals surface area contributed by atoms with Crippen LogP contribution >= 0.6 is 15.9 Å². The van der Waals surface area contributed by atoms with Gasteiger partial charge in [0.05, 0.1) is 22.9 Å². The van der Waals surface area contributed by atoms with E-state index in [0.717, 1.165) is 17.7 Å². The largest absolute Gasteiger partial charge is 0.490 e. The Labute approximate surface area is 197 Å². The topological polar surface area (TPSA) is 59.9 Å².